The zero-order chi connectivity index (χ0) is 38.4. The fourth-order valence-electron chi connectivity index (χ4n) is 9.08. The first-order chi connectivity index (χ1) is 26.5. The number of likely N-dealkylation sites (tertiary alicyclic amines) is 2. The molecular formula is C45H53ClN6O3. The van der Waals surface area contributed by atoms with Crippen molar-refractivity contribution in [2.24, 2.45) is 17.8 Å². The van der Waals surface area contributed by atoms with E-state index in [1.807, 2.05) is 11.1 Å². The summed E-state index contributed by atoms with van der Waals surface area (Å²) in [5.41, 5.74) is 5.92. The van der Waals surface area contributed by atoms with Crippen molar-refractivity contribution in [3.05, 3.63) is 83.7 Å². The summed E-state index contributed by atoms with van der Waals surface area (Å²) in [5.74, 6) is 3.10. The lowest BCUT2D eigenvalue weighted by Crippen LogP contribution is -2.39. The summed E-state index contributed by atoms with van der Waals surface area (Å²) in [6, 6.07) is 21.6. The van der Waals surface area contributed by atoms with E-state index in [2.05, 4.69) is 110 Å². The second-order valence-electron chi connectivity index (χ2n) is 16.7. The van der Waals surface area contributed by atoms with Gasteiger partial charge in [0.15, 0.2) is 0 Å². The Bertz CT molecular complexity index is 2170. The maximum Gasteiger partial charge on any atom is 0.223 e. The van der Waals surface area contributed by atoms with E-state index in [9.17, 15) is 9.59 Å². The predicted molar refractivity (Wildman–Crippen MR) is 218 cm³/mol. The molecule has 3 saturated heterocycles. The lowest BCUT2D eigenvalue weighted by molar-refractivity contribution is -0.136. The highest BCUT2D eigenvalue weighted by Gasteiger charge is 2.42. The van der Waals surface area contributed by atoms with Crippen molar-refractivity contribution in [1.29, 1.82) is 0 Å². The molecule has 0 aliphatic carbocycles. The topological polar surface area (TPSA) is 107 Å². The number of hydrogen-bond donors (Lipinski definition) is 2. The fraction of sp³-hybridized carbons (Fsp3) is 0.467. The molecular weight excluding hydrogens is 708 g/mol. The maximum atomic E-state index is 13.7. The van der Waals surface area contributed by atoms with Gasteiger partial charge in [-0.2, -0.15) is 0 Å². The Labute approximate surface area is 329 Å². The third-order valence-electron chi connectivity index (χ3n) is 12.4. The first-order valence-corrected chi connectivity index (χ1v) is 20.6. The molecule has 1 unspecified atom stereocenters. The van der Waals surface area contributed by atoms with Gasteiger partial charge in [0.05, 0.1) is 24.0 Å². The molecule has 10 heteroatoms. The molecule has 0 bridgehead atoms. The number of imidazole rings is 2. The fourth-order valence-corrected chi connectivity index (χ4v) is 9.33. The Balaban J connectivity index is 0.971. The van der Waals surface area contributed by atoms with Gasteiger partial charge in [-0.25, -0.2) is 9.97 Å². The molecule has 5 heterocycles. The van der Waals surface area contributed by atoms with Crippen LogP contribution in [0, 0.1) is 17.8 Å². The van der Waals surface area contributed by atoms with Crippen LogP contribution in [0.2, 0.25) is 5.15 Å². The molecule has 5 atom stereocenters. The van der Waals surface area contributed by atoms with Crippen LogP contribution >= 0.6 is 11.6 Å². The summed E-state index contributed by atoms with van der Waals surface area (Å²) in [4.78, 5) is 47.5. The van der Waals surface area contributed by atoms with Crippen molar-refractivity contribution in [2.45, 2.75) is 104 Å². The standard InChI is InChI=1S/C45H53ClN6O3/c1-26(2)20-40(53)51-28(4)6-15-38(51)44-47-25-37(48-44)32-9-7-31(8-10-32)33-11-12-35-24-36(14-13-34(35)23-33)42-43(46)50-45(49-42)39-21-27(3)29(5)52(39)41(54)22-30-16-18-55-19-17-30/h7-14,23-30,38-39H,6,15-22H2,1-5H3,(H,47,48)(H,49,50)/t27-,28-,29?,38+,39+/m1/s1. The van der Waals surface area contributed by atoms with Crippen molar-refractivity contribution in [3.63, 3.8) is 0 Å². The molecule has 0 radical (unpaired) electrons. The third-order valence-corrected chi connectivity index (χ3v) is 12.6. The highest BCUT2D eigenvalue weighted by molar-refractivity contribution is 6.32. The molecule has 3 aromatic carbocycles. The van der Waals surface area contributed by atoms with Gasteiger partial charge in [-0.05, 0) is 103 Å². The van der Waals surface area contributed by atoms with Crippen LogP contribution in [0.15, 0.2) is 66.9 Å². The summed E-state index contributed by atoms with van der Waals surface area (Å²) in [6.07, 6.45) is 7.66. The van der Waals surface area contributed by atoms with E-state index in [1.54, 1.807) is 0 Å². The van der Waals surface area contributed by atoms with Crippen LogP contribution in [-0.2, 0) is 14.3 Å². The van der Waals surface area contributed by atoms with E-state index in [4.69, 9.17) is 26.3 Å². The van der Waals surface area contributed by atoms with Gasteiger partial charge < -0.3 is 24.5 Å². The van der Waals surface area contributed by atoms with Gasteiger partial charge in [-0.15, -0.1) is 0 Å². The largest absolute Gasteiger partial charge is 0.381 e. The van der Waals surface area contributed by atoms with Crippen LogP contribution in [0.5, 0.6) is 0 Å². The molecule has 8 rings (SSSR count). The Morgan fingerprint density at radius 1 is 0.800 bits per heavy atom. The molecule has 9 nitrogen and oxygen atoms in total. The number of carbonyl (C=O) groups excluding carboxylic acids is 2. The second kappa shape index (κ2) is 15.6. The molecule has 3 fully saturated rings. The van der Waals surface area contributed by atoms with Crippen molar-refractivity contribution in [2.75, 3.05) is 13.2 Å². The van der Waals surface area contributed by atoms with Crippen molar-refractivity contribution < 1.29 is 14.3 Å². The smallest absolute Gasteiger partial charge is 0.223 e. The summed E-state index contributed by atoms with van der Waals surface area (Å²) < 4.78 is 5.53. The average Bonchev–Trinajstić information content (AvgIpc) is 3.97. The normalized spacial score (nSPS) is 23.4. The summed E-state index contributed by atoms with van der Waals surface area (Å²) in [5, 5.41) is 2.72. The molecule has 0 saturated carbocycles. The molecule has 288 valence electrons. The van der Waals surface area contributed by atoms with Crippen LogP contribution < -0.4 is 0 Å². The van der Waals surface area contributed by atoms with Gasteiger partial charge in [0, 0.05) is 43.7 Å². The number of fused-ring (bicyclic) bond motifs is 1. The minimum absolute atomic E-state index is 0.00769. The molecule has 0 spiro atoms. The number of aromatic amines is 2. The highest BCUT2D eigenvalue weighted by Crippen LogP contribution is 2.42. The quantitative estimate of drug-likeness (QED) is 0.156. The number of carbonyl (C=O) groups is 2. The Hall–Kier alpha value is -4.47. The highest BCUT2D eigenvalue weighted by atomic mass is 35.5. The van der Waals surface area contributed by atoms with Crippen molar-refractivity contribution in [1.82, 2.24) is 29.7 Å². The lowest BCUT2D eigenvalue weighted by Gasteiger charge is -2.31. The molecule has 2 amide bonds. The monoisotopic (exact) mass is 760 g/mol. The van der Waals surface area contributed by atoms with Gasteiger partial charge in [0.25, 0.3) is 0 Å². The van der Waals surface area contributed by atoms with Crippen LogP contribution in [0.25, 0.3) is 44.4 Å². The number of halogens is 1. The van der Waals surface area contributed by atoms with Crippen LogP contribution in [0.4, 0.5) is 0 Å². The maximum absolute atomic E-state index is 13.7. The van der Waals surface area contributed by atoms with Gasteiger partial charge in [0.1, 0.15) is 22.5 Å². The van der Waals surface area contributed by atoms with E-state index in [0.29, 0.717) is 41.4 Å². The zero-order valence-corrected chi connectivity index (χ0v) is 33.4. The molecule has 55 heavy (non-hydrogen) atoms. The van der Waals surface area contributed by atoms with Crippen molar-refractivity contribution >= 4 is 34.2 Å². The number of nitrogens with zero attached hydrogens (tertiary/aromatic N) is 4. The first kappa shape index (κ1) is 37.5. The SMILES string of the molecule is CC(C)CC(=O)N1[C@H](C)CC[C@H]1c1ncc(-c2ccc(-c3ccc4cc(-c5nc([C@@H]6C[C@@H](C)C(C)N6C(=O)CC6CCOCC6)[nH]c5Cl)ccc4c3)cc2)[nH]1. The van der Waals surface area contributed by atoms with Gasteiger partial charge in [-0.3, -0.25) is 9.59 Å². The number of aromatic nitrogens is 4. The number of ether oxygens (including phenoxy) is 1. The molecule has 2 N–H and O–H groups in total. The molecule has 3 aliphatic rings. The van der Waals surface area contributed by atoms with E-state index in [0.717, 1.165) is 95.7 Å². The minimum atomic E-state index is -0.125. The van der Waals surface area contributed by atoms with E-state index < -0.39 is 0 Å². The lowest BCUT2D eigenvalue weighted by atomic mass is 9.95. The van der Waals surface area contributed by atoms with Gasteiger partial charge in [-0.1, -0.05) is 80.9 Å². The number of hydrogen-bond acceptors (Lipinski definition) is 5. The van der Waals surface area contributed by atoms with E-state index in [1.165, 1.54) is 0 Å². The number of amides is 2. The number of benzene rings is 3. The molecule has 2 aromatic heterocycles. The number of H-pyrrole nitrogens is 2. The van der Waals surface area contributed by atoms with E-state index in [-0.39, 0.29) is 36.0 Å². The first-order valence-electron chi connectivity index (χ1n) is 20.2. The van der Waals surface area contributed by atoms with Gasteiger partial charge >= 0.3 is 0 Å². The zero-order valence-electron chi connectivity index (χ0n) is 32.6. The van der Waals surface area contributed by atoms with Crippen LogP contribution in [0.3, 0.4) is 0 Å². The summed E-state index contributed by atoms with van der Waals surface area (Å²) >= 11 is 6.85. The van der Waals surface area contributed by atoms with Crippen molar-refractivity contribution in [3.8, 4) is 33.6 Å². The average molecular weight is 761 g/mol. The minimum Gasteiger partial charge on any atom is -0.381 e. The Kier molecular flexibility index (Phi) is 10.6. The Morgan fingerprint density at radius 2 is 1.47 bits per heavy atom. The van der Waals surface area contributed by atoms with Crippen LogP contribution in [0.1, 0.15) is 103 Å². The predicted octanol–water partition coefficient (Wildman–Crippen LogP) is 10.2. The number of rotatable bonds is 9. The van der Waals surface area contributed by atoms with Gasteiger partial charge in [0.2, 0.25) is 11.8 Å². The second-order valence-corrected chi connectivity index (χ2v) is 17.1. The summed E-state index contributed by atoms with van der Waals surface area (Å²) in [6.45, 7) is 12.2. The van der Waals surface area contributed by atoms with E-state index >= 15 is 0 Å². The number of nitrogens with one attached hydrogen (secondary N) is 2. The molecule has 3 aliphatic heterocycles. The summed E-state index contributed by atoms with van der Waals surface area (Å²) in [7, 11) is 0. The van der Waals surface area contributed by atoms with Crippen LogP contribution in [-0.4, -0.2) is 66.8 Å². The Morgan fingerprint density at radius 3 is 2.20 bits per heavy atom. The molecule has 5 aromatic rings. The third kappa shape index (κ3) is 7.58.